The minimum Gasteiger partial charge on any atom is -0.390 e. The molecule has 1 fully saturated rings. The Morgan fingerprint density at radius 1 is 1.09 bits per heavy atom. The predicted molar refractivity (Wildman–Crippen MR) is 90.8 cm³/mol. The van der Waals surface area contributed by atoms with E-state index in [0.29, 0.717) is 11.9 Å². The summed E-state index contributed by atoms with van der Waals surface area (Å²) in [4.78, 5) is 2.42. The molecule has 0 unspecified atom stereocenters. The van der Waals surface area contributed by atoms with Gasteiger partial charge in [-0.15, -0.1) is 0 Å². The standard InChI is InChI=1S/C17H22N2O3S/c20-15(13-19-10-3-4-11-19)12-18-23(21,22)17-9-5-7-14-6-1-2-8-16(14)17/h1-2,5-9,15,18,20H,3-4,10-13H2/t15-/m0/s1. The van der Waals surface area contributed by atoms with E-state index < -0.39 is 16.1 Å². The topological polar surface area (TPSA) is 69.6 Å². The Hall–Kier alpha value is -1.47. The van der Waals surface area contributed by atoms with E-state index in [4.69, 9.17) is 0 Å². The Kier molecular flexibility index (Phi) is 4.96. The Morgan fingerprint density at radius 3 is 2.57 bits per heavy atom. The maximum absolute atomic E-state index is 12.6. The number of nitrogens with zero attached hydrogens (tertiary/aromatic N) is 1. The summed E-state index contributed by atoms with van der Waals surface area (Å²) < 4.78 is 27.6. The van der Waals surface area contributed by atoms with Crippen molar-refractivity contribution in [2.24, 2.45) is 0 Å². The van der Waals surface area contributed by atoms with Crippen LogP contribution in [0.1, 0.15) is 12.8 Å². The van der Waals surface area contributed by atoms with E-state index >= 15 is 0 Å². The highest BCUT2D eigenvalue weighted by atomic mass is 32.2. The molecule has 1 heterocycles. The van der Waals surface area contributed by atoms with Crippen molar-refractivity contribution >= 4 is 20.8 Å². The first-order chi connectivity index (χ1) is 11.1. The van der Waals surface area contributed by atoms with Crippen LogP contribution in [-0.2, 0) is 10.0 Å². The second kappa shape index (κ2) is 6.97. The van der Waals surface area contributed by atoms with Crippen LogP contribution in [0.4, 0.5) is 0 Å². The van der Waals surface area contributed by atoms with Gasteiger partial charge in [0, 0.05) is 18.5 Å². The summed E-state index contributed by atoms with van der Waals surface area (Å²) in [5.74, 6) is 0. The quantitative estimate of drug-likeness (QED) is 0.841. The highest BCUT2D eigenvalue weighted by Crippen LogP contribution is 2.22. The number of fused-ring (bicyclic) bond motifs is 1. The predicted octanol–water partition coefficient (Wildman–Crippen LogP) is 1.57. The Balaban J connectivity index is 1.70. The molecule has 0 bridgehead atoms. The van der Waals surface area contributed by atoms with Crippen molar-refractivity contribution in [1.82, 2.24) is 9.62 Å². The molecule has 3 rings (SSSR count). The van der Waals surface area contributed by atoms with E-state index in [1.807, 2.05) is 24.3 Å². The molecule has 0 spiro atoms. The smallest absolute Gasteiger partial charge is 0.241 e. The minimum atomic E-state index is -3.64. The lowest BCUT2D eigenvalue weighted by Crippen LogP contribution is -2.39. The fourth-order valence-electron chi connectivity index (χ4n) is 3.04. The lowest BCUT2D eigenvalue weighted by Gasteiger charge is -2.19. The van der Waals surface area contributed by atoms with Gasteiger partial charge in [0.05, 0.1) is 11.0 Å². The van der Waals surface area contributed by atoms with Gasteiger partial charge in [-0.25, -0.2) is 13.1 Å². The van der Waals surface area contributed by atoms with Crippen LogP contribution in [0.15, 0.2) is 47.4 Å². The molecule has 2 aromatic carbocycles. The van der Waals surface area contributed by atoms with E-state index in [-0.39, 0.29) is 11.4 Å². The fourth-order valence-corrected chi connectivity index (χ4v) is 4.34. The van der Waals surface area contributed by atoms with Crippen LogP contribution in [-0.4, -0.2) is 50.7 Å². The maximum Gasteiger partial charge on any atom is 0.241 e. The van der Waals surface area contributed by atoms with E-state index in [1.165, 1.54) is 0 Å². The van der Waals surface area contributed by atoms with Crippen LogP contribution in [0, 0.1) is 0 Å². The number of β-amino-alcohol motifs (C(OH)–C–C–N with tert-alkyl or cyclic N) is 1. The lowest BCUT2D eigenvalue weighted by atomic mass is 10.1. The van der Waals surface area contributed by atoms with Gasteiger partial charge in [-0.1, -0.05) is 36.4 Å². The van der Waals surface area contributed by atoms with Gasteiger partial charge < -0.3 is 10.0 Å². The molecule has 2 N–H and O–H groups in total. The van der Waals surface area contributed by atoms with Crippen LogP contribution in [0.25, 0.3) is 10.8 Å². The highest BCUT2D eigenvalue weighted by Gasteiger charge is 2.20. The number of sulfonamides is 1. The molecule has 23 heavy (non-hydrogen) atoms. The molecular formula is C17H22N2O3S. The number of aliphatic hydroxyl groups is 1. The monoisotopic (exact) mass is 334 g/mol. The highest BCUT2D eigenvalue weighted by molar-refractivity contribution is 7.89. The Labute approximate surface area is 137 Å². The molecule has 0 radical (unpaired) electrons. The van der Waals surface area contributed by atoms with Gasteiger partial charge in [0.2, 0.25) is 10.0 Å². The van der Waals surface area contributed by atoms with E-state index in [0.717, 1.165) is 31.3 Å². The minimum absolute atomic E-state index is 0.0298. The molecule has 1 saturated heterocycles. The van der Waals surface area contributed by atoms with Crippen LogP contribution in [0.2, 0.25) is 0 Å². The molecule has 6 heteroatoms. The summed E-state index contributed by atoms with van der Waals surface area (Å²) in [6.45, 7) is 2.50. The van der Waals surface area contributed by atoms with E-state index in [1.54, 1.807) is 18.2 Å². The number of rotatable bonds is 6. The summed E-state index contributed by atoms with van der Waals surface area (Å²) in [5.41, 5.74) is 0. The summed E-state index contributed by atoms with van der Waals surface area (Å²) in [6, 6.07) is 12.6. The van der Waals surface area contributed by atoms with Crippen molar-refractivity contribution in [1.29, 1.82) is 0 Å². The van der Waals surface area contributed by atoms with Crippen molar-refractivity contribution in [3.63, 3.8) is 0 Å². The number of likely N-dealkylation sites (tertiary alicyclic amines) is 1. The van der Waals surface area contributed by atoms with Crippen molar-refractivity contribution in [2.45, 2.75) is 23.8 Å². The Morgan fingerprint density at radius 2 is 1.78 bits per heavy atom. The van der Waals surface area contributed by atoms with Crippen molar-refractivity contribution in [2.75, 3.05) is 26.2 Å². The molecule has 0 saturated carbocycles. The average Bonchev–Trinajstić information content (AvgIpc) is 3.05. The third-order valence-corrected chi connectivity index (χ3v) is 5.70. The molecule has 0 aromatic heterocycles. The summed E-state index contributed by atoms with van der Waals surface area (Å²) >= 11 is 0. The molecule has 124 valence electrons. The third kappa shape index (κ3) is 3.90. The van der Waals surface area contributed by atoms with Crippen LogP contribution >= 0.6 is 0 Å². The summed E-state index contributed by atoms with van der Waals surface area (Å²) in [7, 11) is -3.64. The zero-order valence-corrected chi connectivity index (χ0v) is 13.8. The zero-order valence-electron chi connectivity index (χ0n) is 13.0. The van der Waals surface area contributed by atoms with Gasteiger partial charge in [0.1, 0.15) is 0 Å². The average molecular weight is 334 g/mol. The van der Waals surface area contributed by atoms with Crippen molar-refractivity contribution < 1.29 is 13.5 Å². The van der Waals surface area contributed by atoms with Gasteiger partial charge in [0.15, 0.2) is 0 Å². The number of hydrogen-bond donors (Lipinski definition) is 2. The number of hydrogen-bond acceptors (Lipinski definition) is 4. The molecule has 1 aliphatic rings. The normalized spacial score (nSPS) is 17.6. The molecule has 0 amide bonds. The lowest BCUT2D eigenvalue weighted by molar-refractivity contribution is 0.128. The van der Waals surface area contributed by atoms with Gasteiger partial charge in [0.25, 0.3) is 0 Å². The van der Waals surface area contributed by atoms with Gasteiger partial charge in [-0.3, -0.25) is 0 Å². The van der Waals surface area contributed by atoms with E-state index in [2.05, 4.69) is 9.62 Å². The fraction of sp³-hybridized carbons (Fsp3) is 0.412. The second-order valence-electron chi connectivity index (χ2n) is 5.99. The maximum atomic E-state index is 12.6. The van der Waals surface area contributed by atoms with E-state index in [9.17, 15) is 13.5 Å². The second-order valence-corrected chi connectivity index (χ2v) is 7.73. The first-order valence-electron chi connectivity index (χ1n) is 7.94. The third-order valence-electron chi connectivity index (χ3n) is 4.22. The summed E-state index contributed by atoms with van der Waals surface area (Å²) in [6.07, 6.45) is 1.60. The SMILES string of the molecule is O=S(=O)(NC[C@H](O)CN1CCCC1)c1cccc2ccccc12. The van der Waals surface area contributed by atoms with Gasteiger partial charge >= 0.3 is 0 Å². The number of benzene rings is 2. The zero-order chi connectivity index (χ0) is 16.3. The first kappa shape index (κ1) is 16.4. The largest absolute Gasteiger partial charge is 0.390 e. The molecule has 0 aliphatic carbocycles. The number of aliphatic hydroxyl groups excluding tert-OH is 1. The molecule has 1 atom stereocenters. The van der Waals surface area contributed by atoms with Crippen molar-refractivity contribution in [3.05, 3.63) is 42.5 Å². The molecular weight excluding hydrogens is 312 g/mol. The van der Waals surface area contributed by atoms with Crippen molar-refractivity contribution in [3.8, 4) is 0 Å². The Bertz CT molecular complexity index is 765. The first-order valence-corrected chi connectivity index (χ1v) is 9.42. The van der Waals surface area contributed by atoms with Crippen LogP contribution in [0.5, 0.6) is 0 Å². The molecule has 2 aromatic rings. The molecule has 1 aliphatic heterocycles. The van der Waals surface area contributed by atoms with Gasteiger partial charge in [-0.05, 0) is 37.4 Å². The molecule has 5 nitrogen and oxygen atoms in total. The summed E-state index contributed by atoms with van der Waals surface area (Å²) in [5, 5.41) is 11.6. The van der Waals surface area contributed by atoms with Gasteiger partial charge in [-0.2, -0.15) is 0 Å². The van der Waals surface area contributed by atoms with Crippen LogP contribution in [0.3, 0.4) is 0 Å². The van der Waals surface area contributed by atoms with Crippen LogP contribution < -0.4 is 4.72 Å². The number of nitrogens with one attached hydrogen (secondary N) is 1.